The van der Waals surface area contributed by atoms with Crippen molar-refractivity contribution in [3.8, 4) is 0 Å². The quantitative estimate of drug-likeness (QED) is 0.726. The first-order chi connectivity index (χ1) is 9.97. The number of hydrogen-bond acceptors (Lipinski definition) is 2. The number of ketones is 1. The van der Waals surface area contributed by atoms with Gasteiger partial charge in [-0.2, -0.15) is 5.10 Å². The fourth-order valence-electron chi connectivity index (χ4n) is 2.15. The number of Topliss-reactive ketones (excluding diaryl/α,β-unsaturated/α-hetero) is 1. The second kappa shape index (κ2) is 6.71. The smallest absolute Gasteiger partial charge is 0.171 e. The molecule has 112 valence electrons. The van der Waals surface area contributed by atoms with Crippen LogP contribution in [0.15, 0.2) is 22.7 Å². The normalized spacial score (nSPS) is 10.9. The Kier molecular flexibility index (Phi) is 5.17. The monoisotopic (exact) mass is 372 g/mol. The third kappa shape index (κ3) is 3.35. The number of hydrogen-bond donors (Lipinski definition) is 0. The molecule has 0 atom stereocenters. The Bertz CT molecular complexity index is 685. The standard InChI is InChI=1S/C15H15BrClFN2O/c1-3-12-15(16)13(20(4-2)19-12)8-14(21)10-6-5-9(17)7-11(10)18/h5-7H,3-4,8H2,1-2H3. The number of rotatable bonds is 5. The van der Waals surface area contributed by atoms with Gasteiger partial charge in [0.05, 0.1) is 27.8 Å². The highest BCUT2D eigenvalue weighted by atomic mass is 79.9. The molecule has 0 saturated carbocycles. The molecular weight excluding hydrogens is 359 g/mol. The number of benzene rings is 1. The van der Waals surface area contributed by atoms with Gasteiger partial charge in [0, 0.05) is 11.6 Å². The van der Waals surface area contributed by atoms with Crippen molar-refractivity contribution in [1.82, 2.24) is 9.78 Å². The topological polar surface area (TPSA) is 34.9 Å². The molecule has 0 saturated heterocycles. The molecule has 0 aliphatic rings. The third-order valence-electron chi connectivity index (χ3n) is 3.25. The van der Waals surface area contributed by atoms with Crippen molar-refractivity contribution in [3.63, 3.8) is 0 Å². The molecule has 6 heteroatoms. The maximum Gasteiger partial charge on any atom is 0.171 e. The Balaban J connectivity index is 2.33. The molecule has 1 aromatic carbocycles. The molecule has 1 heterocycles. The number of carbonyl (C=O) groups excluding carboxylic acids is 1. The van der Waals surface area contributed by atoms with Gasteiger partial charge in [0.2, 0.25) is 0 Å². The summed E-state index contributed by atoms with van der Waals surface area (Å²) >= 11 is 9.19. The van der Waals surface area contributed by atoms with Crippen LogP contribution in [0, 0.1) is 5.82 Å². The highest BCUT2D eigenvalue weighted by Gasteiger charge is 2.19. The predicted octanol–water partition coefficient (Wildman–Crippen LogP) is 4.45. The largest absolute Gasteiger partial charge is 0.294 e. The Hall–Kier alpha value is -1.20. The average Bonchev–Trinajstić information content (AvgIpc) is 2.75. The summed E-state index contributed by atoms with van der Waals surface area (Å²) in [7, 11) is 0. The van der Waals surface area contributed by atoms with E-state index in [2.05, 4.69) is 21.0 Å². The van der Waals surface area contributed by atoms with E-state index in [4.69, 9.17) is 11.6 Å². The highest BCUT2D eigenvalue weighted by Crippen LogP contribution is 2.24. The lowest BCUT2D eigenvalue weighted by Gasteiger charge is -2.06. The molecule has 0 aliphatic carbocycles. The molecule has 3 nitrogen and oxygen atoms in total. The zero-order chi connectivity index (χ0) is 15.6. The molecule has 0 aliphatic heterocycles. The van der Waals surface area contributed by atoms with E-state index < -0.39 is 5.82 Å². The zero-order valence-corrected chi connectivity index (χ0v) is 14.1. The number of nitrogens with zero attached hydrogens (tertiary/aromatic N) is 2. The van der Waals surface area contributed by atoms with Crippen molar-refractivity contribution in [1.29, 1.82) is 0 Å². The molecule has 2 aromatic rings. The molecule has 21 heavy (non-hydrogen) atoms. The Morgan fingerprint density at radius 1 is 1.43 bits per heavy atom. The van der Waals surface area contributed by atoms with Crippen LogP contribution in [0.5, 0.6) is 0 Å². The Labute approximate surface area is 136 Å². The average molecular weight is 374 g/mol. The zero-order valence-electron chi connectivity index (χ0n) is 11.8. The third-order valence-corrected chi connectivity index (χ3v) is 4.40. The number of aryl methyl sites for hydroxylation is 2. The summed E-state index contributed by atoms with van der Waals surface area (Å²) in [5, 5.41) is 4.71. The second-order valence-electron chi connectivity index (χ2n) is 4.60. The van der Waals surface area contributed by atoms with Crippen molar-refractivity contribution in [2.45, 2.75) is 33.2 Å². The summed E-state index contributed by atoms with van der Waals surface area (Å²) in [5.74, 6) is -0.885. The van der Waals surface area contributed by atoms with Gasteiger partial charge in [-0.05, 0) is 47.5 Å². The van der Waals surface area contributed by atoms with E-state index in [1.807, 2.05) is 13.8 Å². The molecule has 0 spiro atoms. The summed E-state index contributed by atoms with van der Waals surface area (Å²) in [6.45, 7) is 4.61. The van der Waals surface area contributed by atoms with Gasteiger partial charge in [-0.15, -0.1) is 0 Å². The van der Waals surface area contributed by atoms with Crippen molar-refractivity contribution >= 4 is 33.3 Å². The summed E-state index contributed by atoms with van der Waals surface area (Å²) < 4.78 is 16.4. The lowest BCUT2D eigenvalue weighted by atomic mass is 10.1. The molecule has 2 rings (SSSR count). The first-order valence-electron chi connectivity index (χ1n) is 6.70. The van der Waals surface area contributed by atoms with Crippen LogP contribution in [-0.2, 0) is 19.4 Å². The fraction of sp³-hybridized carbons (Fsp3) is 0.333. The lowest BCUT2D eigenvalue weighted by molar-refractivity contribution is 0.0986. The number of halogens is 3. The van der Waals surface area contributed by atoms with E-state index in [9.17, 15) is 9.18 Å². The van der Waals surface area contributed by atoms with Crippen molar-refractivity contribution < 1.29 is 9.18 Å². The minimum Gasteiger partial charge on any atom is -0.294 e. The maximum absolute atomic E-state index is 13.8. The second-order valence-corrected chi connectivity index (χ2v) is 5.83. The van der Waals surface area contributed by atoms with Crippen LogP contribution in [0.4, 0.5) is 4.39 Å². The molecule has 0 radical (unpaired) electrons. The Morgan fingerprint density at radius 3 is 2.71 bits per heavy atom. The van der Waals surface area contributed by atoms with Gasteiger partial charge in [-0.25, -0.2) is 4.39 Å². The van der Waals surface area contributed by atoms with Gasteiger partial charge in [0.1, 0.15) is 5.82 Å². The summed E-state index contributed by atoms with van der Waals surface area (Å²) in [4.78, 5) is 12.3. The maximum atomic E-state index is 13.8. The molecule has 0 unspecified atom stereocenters. The van der Waals surface area contributed by atoms with Crippen LogP contribution in [0.2, 0.25) is 5.02 Å². The molecule has 0 fully saturated rings. The molecule has 1 aromatic heterocycles. The SMILES string of the molecule is CCc1nn(CC)c(CC(=O)c2ccc(Cl)cc2F)c1Br. The number of carbonyl (C=O) groups is 1. The van der Waals surface area contributed by atoms with Crippen LogP contribution in [0.1, 0.15) is 35.6 Å². The van der Waals surface area contributed by atoms with Gasteiger partial charge in [0.15, 0.2) is 5.78 Å². The van der Waals surface area contributed by atoms with E-state index in [0.29, 0.717) is 6.54 Å². The van der Waals surface area contributed by atoms with Crippen LogP contribution in [-0.4, -0.2) is 15.6 Å². The minimum absolute atomic E-state index is 0.0493. The molecular formula is C15H15BrClFN2O. The van der Waals surface area contributed by atoms with Crippen LogP contribution in [0.3, 0.4) is 0 Å². The summed E-state index contributed by atoms with van der Waals surface area (Å²) in [5.41, 5.74) is 1.72. The van der Waals surface area contributed by atoms with E-state index in [-0.39, 0.29) is 22.8 Å². The summed E-state index contributed by atoms with van der Waals surface area (Å²) in [6, 6.07) is 4.08. The van der Waals surface area contributed by atoms with E-state index >= 15 is 0 Å². The van der Waals surface area contributed by atoms with Crippen molar-refractivity contribution in [2.24, 2.45) is 0 Å². The fourth-order valence-corrected chi connectivity index (χ4v) is 3.01. The molecule has 0 N–H and O–H groups in total. The van der Waals surface area contributed by atoms with Gasteiger partial charge >= 0.3 is 0 Å². The Morgan fingerprint density at radius 2 is 2.14 bits per heavy atom. The number of aromatic nitrogens is 2. The first kappa shape index (κ1) is 16.2. The van der Waals surface area contributed by atoms with Gasteiger partial charge < -0.3 is 0 Å². The predicted molar refractivity (Wildman–Crippen MR) is 84.4 cm³/mol. The molecule has 0 amide bonds. The molecule has 0 bridgehead atoms. The summed E-state index contributed by atoms with van der Waals surface area (Å²) in [6.07, 6.45) is 0.865. The van der Waals surface area contributed by atoms with Crippen LogP contribution < -0.4 is 0 Å². The van der Waals surface area contributed by atoms with Gasteiger partial charge in [-0.1, -0.05) is 18.5 Å². The highest BCUT2D eigenvalue weighted by molar-refractivity contribution is 9.10. The van der Waals surface area contributed by atoms with Crippen LogP contribution >= 0.6 is 27.5 Å². The van der Waals surface area contributed by atoms with Gasteiger partial charge in [-0.3, -0.25) is 9.48 Å². The van der Waals surface area contributed by atoms with E-state index in [1.54, 1.807) is 4.68 Å². The van der Waals surface area contributed by atoms with Crippen LogP contribution in [0.25, 0.3) is 0 Å². The lowest BCUT2D eigenvalue weighted by Crippen LogP contribution is -2.11. The van der Waals surface area contributed by atoms with Gasteiger partial charge in [0.25, 0.3) is 0 Å². The van der Waals surface area contributed by atoms with E-state index in [1.165, 1.54) is 12.1 Å². The first-order valence-corrected chi connectivity index (χ1v) is 7.87. The van der Waals surface area contributed by atoms with Crippen molar-refractivity contribution in [2.75, 3.05) is 0 Å². The van der Waals surface area contributed by atoms with Crippen molar-refractivity contribution in [3.05, 3.63) is 50.5 Å². The minimum atomic E-state index is -0.595. The van der Waals surface area contributed by atoms with E-state index in [0.717, 1.165) is 28.3 Å².